The van der Waals surface area contributed by atoms with Crippen LogP contribution in [0.4, 0.5) is 10.8 Å². The van der Waals surface area contributed by atoms with Gasteiger partial charge in [0.2, 0.25) is 0 Å². The molecule has 0 bridgehead atoms. The molecule has 0 aliphatic heterocycles. The van der Waals surface area contributed by atoms with Gasteiger partial charge in [0.15, 0.2) is 0 Å². The highest BCUT2D eigenvalue weighted by molar-refractivity contribution is 5.87. The zero-order valence-corrected chi connectivity index (χ0v) is 13.3. The SMILES string of the molecule is CCN(C(=O)Nc1nc(C)c(C)o1)[C@@H](C)c1cccc(O)c1. The number of carbonyl (C=O) groups is 1. The Morgan fingerprint density at radius 1 is 1.45 bits per heavy atom. The fourth-order valence-corrected chi connectivity index (χ4v) is 2.25. The first-order valence-corrected chi connectivity index (χ1v) is 7.23. The summed E-state index contributed by atoms with van der Waals surface area (Å²) in [6, 6.07) is 6.61. The molecule has 0 saturated carbocycles. The van der Waals surface area contributed by atoms with Crippen molar-refractivity contribution in [3.8, 4) is 5.75 Å². The lowest BCUT2D eigenvalue weighted by Gasteiger charge is -2.28. The lowest BCUT2D eigenvalue weighted by atomic mass is 10.1. The summed E-state index contributed by atoms with van der Waals surface area (Å²) in [7, 11) is 0. The summed E-state index contributed by atoms with van der Waals surface area (Å²) in [6.07, 6.45) is 0. The van der Waals surface area contributed by atoms with Gasteiger partial charge in [0.05, 0.1) is 11.7 Å². The fourth-order valence-electron chi connectivity index (χ4n) is 2.25. The monoisotopic (exact) mass is 303 g/mol. The van der Waals surface area contributed by atoms with Crippen molar-refractivity contribution in [1.82, 2.24) is 9.88 Å². The Balaban J connectivity index is 2.14. The number of phenols is 1. The van der Waals surface area contributed by atoms with E-state index < -0.39 is 0 Å². The Labute approximate surface area is 129 Å². The fraction of sp³-hybridized carbons (Fsp3) is 0.375. The molecule has 0 fully saturated rings. The van der Waals surface area contributed by atoms with Crippen molar-refractivity contribution in [3.63, 3.8) is 0 Å². The zero-order chi connectivity index (χ0) is 16.3. The molecule has 22 heavy (non-hydrogen) atoms. The number of hydrogen-bond donors (Lipinski definition) is 2. The number of aryl methyl sites for hydroxylation is 2. The molecule has 1 atom stereocenters. The first-order valence-electron chi connectivity index (χ1n) is 7.23. The lowest BCUT2D eigenvalue weighted by molar-refractivity contribution is 0.196. The number of benzene rings is 1. The van der Waals surface area contributed by atoms with Crippen LogP contribution in [0.25, 0.3) is 0 Å². The summed E-state index contributed by atoms with van der Waals surface area (Å²) in [5.74, 6) is 0.860. The quantitative estimate of drug-likeness (QED) is 0.904. The topological polar surface area (TPSA) is 78.6 Å². The number of urea groups is 1. The van der Waals surface area contributed by atoms with Crippen LogP contribution in [-0.2, 0) is 0 Å². The van der Waals surface area contributed by atoms with Crippen LogP contribution in [0, 0.1) is 13.8 Å². The maximum Gasteiger partial charge on any atom is 0.325 e. The van der Waals surface area contributed by atoms with Crippen molar-refractivity contribution in [2.75, 3.05) is 11.9 Å². The minimum Gasteiger partial charge on any atom is -0.508 e. The molecule has 1 aromatic carbocycles. The van der Waals surface area contributed by atoms with Crippen LogP contribution in [0.5, 0.6) is 5.75 Å². The van der Waals surface area contributed by atoms with Crippen LogP contribution in [-0.4, -0.2) is 27.6 Å². The number of nitrogens with one attached hydrogen (secondary N) is 1. The average molecular weight is 303 g/mol. The van der Waals surface area contributed by atoms with E-state index in [2.05, 4.69) is 10.3 Å². The number of nitrogens with zero attached hydrogens (tertiary/aromatic N) is 2. The minimum atomic E-state index is -0.292. The summed E-state index contributed by atoms with van der Waals surface area (Å²) in [6.45, 7) is 7.93. The molecule has 1 aromatic heterocycles. The van der Waals surface area contributed by atoms with Gasteiger partial charge >= 0.3 is 12.0 Å². The number of phenolic OH excluding ortho intramolecular Hbond substituents is 1. The number of carbonyl (C=O) groups excluding carboxylic acids is 1. The van der Waals surface area contributed by atoms with E-state index in [1.165, 1.54) is 0 Å². The van der Waals surface area contributed by atoms with Crippen molar-refractivity contribution in [1.29, 1.82) is 0 Å². The second kappa shape index (κ2) is 6.51. The smallest absolute Gasteiger partial charge is 0.325 e. The highest BCUT2D eigenvalue weighted by Gasteiger charge is 2.22. The summed E-state index contributed by atoms with van der Waals surface area (Å²) in [4.78, 5) is 18.2. The minimum absolute atomic E-state index is 0.180. The molecule has 6 heteroatoms. The highest BCUT2D eigenvalue weighted by Crippen LogP contribution is 2.24. The number of oxazole rings is 1. The summed E-state index contributed by atoms with van der Waals surface area (Å²) in [5, 5.41) is 12.2. The van der Waals surface area contributed by atoms with Gasteiger partial charge < -0.3 is 14.4 Å². The number of anilines is 1. The van der Waals surface area contributed by atoms with E-state index in [1.807, 2.05) is 26.8 Å². The Morgan fingerprint density at radius 2 is 2.18 bits per heavy atom. The lowest BCUT2D eigenvalue weighted by Crippen LogP contribution is -2.37. The molecule has 6 nitrogen and oxygen atoms in total. The van der Waals surface area contributed by atoms with E-state index in [0.717, 1.165) is 11.3 Å². The summed E-state index contributed by atoms with van der Waals surface area (Å²) in [5.41, 5.74) is 1.61. The van der Waals surface area contributed by atoms with Gasteiger partial charge in [0.25, 0.3) is 0 Å². The third kappa shape index (κ3) is 3.39. The average Bonchev–Trinajstić information content (AvgIpc) is 2.77. The molecule has 0 radical (unpaired) electrons. The molecule has 1 heterocycles. The first-order chi connectivity index (χ1) is 10.4. The summed E-state index contributed by atoms with van der Waals surface area (Å²) < 4.78 is 5.37. The van der Waals surface area contributed by atoms with Crippen LogP contribution < -0.4 is 5.32 Å². The summed E-state index contributed by atoms with van der Waals surface area (Å²) >= 11 is 0. The molecule has 0 spiro atoms. The van der Waals surface area contributed by atoms with E-state index in [1.54, 1.807) is 30.0 Å². The van der Waals surface area contributed by atoms with Gasteiger partial charge in [-0.2, -0.15) is 4.98 Å². The van der Waals surface area contributed by atoms with Crippen LogP contribution in [0.2, 0.25) is 0 Å². The highest BCUT2D eigenvalue weighted by atomic mass is 16.4. The molecular weight excluding hydrogens is 282 g/mol. The molecule has 0 saturated heterocycles. The van der Waals surface area contributed by atoms with E-state index >= 15 is 0 Å². The van der Waals surface area contributed by atoms with Gasteiger partial charge in [-0.05, 0) is 45.4 Å². The number of rotatable bonds is 4. The molecule has 118 valence electrons. The van der Waals surface area contributed by atoms with Crippen LogP contribution in [0.1, 0.15) is 36.9 Å². The molecule has 0 aliphatic carbocycles. The normalized spacial score (nSPS) is 12.0. The standard InChI is InChI=1S/C16H21N3O3/c1-5-19(11(3)13-7-6-8-14(20)9-13)16(21)18-15-17-10(2)12(4)22-15/h6-9,11,20H,5H2,1-4H3,(H,17,18,21)/t11-/m0/s1. The van der Waals surface area contributed by atoms with Gasteiger partial charge in [-0.3, -0.25) is 5.32 Å². The van der Waals surface area contributed by atoms with E-state index in [4.69, 9.17) is 4.42 Å². The van der Waals surface area contributed by atoms with Gasteiger partial charge in [-0.25, -0.2) is 4.79 Å². The van der Waals surface area contributed by atoms with E-state index in [9.17, 15) is 9.90 Å². The van der Waals surface area contributed by atoms with Gasteiger partial charge in [-0.15, -0.1) is 0 Å². The van der Waals surface area contributed by atoms with Crippen molar-refractivity contribution >= 4 is 12.0 Å². The Kier molecular flexibility index (Phi) is 4.70. The maximum atomic E-state index is 12.4. The molecular formula is C16H21N3O3. The zero-order valence-electron chi connectivity index (χ0n) is 13.3. The second-order valence-electron chi connectivity index (χ2n) is 5.15. The molecule has 2 rings (SSSR count). The van der Waals surface area contributed by atoms with Gasteiger partial charge in [-0.1, -0.05) is 12.1 Å². The van der Waals surface area contributed by atoms with Gasteiger partial charge in [0.1, 0.15) is 11.5 Å². The van der Waals surface area contributed by atoms with Crippen LogP contribution in [0.3, 0.4) is 0 Å². The van der Waals surface area contributed by atoms with Crippen LogP contribution >= 0.6 is 0 Å². The first kappa shape index (κ1) is 15.9. The van der Waals surface area contributed by atoms with E-state index in [-0.39, 0.29) is 23.8 Å². The number of hydrogen-bond acceptors (Lipinski definition) is 4. The number of amides is 2. The second-order valence-corrected chi connectivity index (χ2v) is 5.15. The molecule has 0 unspecified atom stereocenters. The third-order valence-electron chi connectivity index (χ3n) is 3.66. The molecule has 2 amide bonds. The Bertz CT molecular complexity index is 647. The molecule has 0 aliphatic rings. The molecule has 2 aromatic rings. The molecule has 2 N–H and O–H groups in total. The largest absolute Gasteiger partial charge is 0.508 e. The van der Waals surface area contributed by atoms with E-state index in [0.29, 0.717) is 12.3 Å². The van der Waals surface area contributed by atoms with Crippen LogP contribution in [0.15, 0.2) is 28.7 Å². The third-order valence-corrected chi connectivity index (χ3v) is 3.66. The number of aromatic nitrogens is 1. The predicted molar refractivity (Wildman–Crippen MR) is 83.9 cm³/mol. The van der Waals surface area contributed by atoms with Crippen molar-refractivity contribution in [2.24, 2.45) is 0 Å². The van der Waals surface area contributed by atoms with Gasteiger partial charge in [0, 0.05) is 6.54 Å². The van der Waals surface area contributed by atoms with Crippen molar-refractivity contribution < 1.29 is 14.3 Å². The number of aromatic hydroxyl groups is 1. The Morgan fingerprint density at radius 3 is 2.73 bits per heavy atom. The van der Waals surface area contributed by atoms with Crippen molar-refractivity contribution in [3.05, 3.63) is 41.3 Å². The Hall–Kier alpha value is -2.50. The van der Waals surface area contributed by atoms with Crippen molar-refractivity contribution in [2.45, 2.75) is 33.7 Å². The maximum absolute atomic E-state index is 12.4. The predicted octanol–water partition coefficient (Wildman–Crippen LogP) is 3.61.